The van der Waals surface area contributed by atoms with Crippen LogP contribution in [-0.4, -0.2) is 42.0 Å². The Labute approximate surface area is 140 Å². The van der Waals surface area contributed by atoms with E-state index in [2.05, 4.69) is 28.2 Å². The second-order valence-corrected chi connectivity index (χ2v) is 6.86. The number of furan rings is 1. The number of nitrogens with one attached hydrogen (secondary N) is 1. The average Bonchev–Trinajstić information content (AvgIpc) is 3.27. The van der Waals surface area contributed by atoms with Gasteiger partial charge in [0.25, 0.3) is 5.91 Å². The molecule has 0 spiro atoms. The molecule has 23 heavy (non-hydrogen) atoms. The topological polar surface area (TPSA) is 58.4 Å². The molecule has 1 saturated heterocycles. The highest BCUT2D eigenvalue weighted by atomic mass is 32.1. The van der Waals surface area contributed by atoms with Crippen LogP contribution in [0.15, 0.2) is 40.1 Å². The summed E-state index contributed by atoms with van der Waals surface area (Å²) in [5.41, 5.74) is 2.97. The molecule has 0 radical (unpaired) electrons. The summed E-state index contributed by atoms with van der Waals surface area (Å²) in [5.74, 6) is 1.40. The number of thiazole rings is 1. The molecule has 1 amide bonds. The summed E-state index contributed by atoms with van der Waals surface area (Å²) in [6.07, 6.45) is 6.51. The minimum Gasteiger partial charge on any atom is -0.465 e. The Morgan fingerprint density at radius 3 is 3.26 bits per heavy atom. The molecule has 2 aromatic rings. The lowest BCUT2D eigenvalue weighted by atomic mass is 10.1. The van der Waals surface area contributed by atoms with Gasteiger partial charge in [-0.25, -0.2) is 0 Å². The highest BCUT2D eigenvalue weighted by Gasteiger charge is 2.23. The van der Waals surface area contributed by atoms with E-state index in [1.165, 1.54) is 16.9 Å². The average molecular weight is 331 g/mol. The molecule has 1 aliphatic heterocycles. The Morgan fingerprint density at radius 2 is 2.52 bits per heavy atom. The van der Waals surface area contributed by atoms with Gasteiger partial charge in [0.15, 0.2) is 0 Å². The SMILES string of the molecule is C/C(=C\c1ccco1)CN1CC[C@H](CNC(=O)c2cncs2)C1. The van der Waals surface area contributed by atoms with Crippen molar-refractivity contribution in [1.29, 1.82) is 0 Å². The quantitative estimate of drug-likeness (QED) is 0.884. The van der Waals surface area contributed by atoms with E-state index in [0.717, 1.165) is 38.4 Å². The van der Waals surface area contributed by atoms with Crippen molar-refractivity contribution in [3.05, 3.63) is 46.3 Å². The minimum absolute atomic E-state index is 0.0140. The van der Waals surface area contributed by atoms with Crippen LogP contribution in [0, 0.1) is 5.92 Å². The van der Waals surface area contributed by atoms with E-state index < -0.39 is 0 Å². The normalized spacial score (nSPS) is 19.2. The third-order valence-corrected chi connectivity index (χ3v) is 4.75. The van der Waals surface area contributed by atoms with Gasteiger partial charge in [0.2, 0.25) is 0 Å². The molecule has 0 bridgehead atoms. The maximum atomic E-state index is 11.9. The van der Waals surface area contributed by atoms with Gasteiger partial charge >= 0.3 is 0 Å². The molecule has 0 aliphatic carbocycles. The number of carbonyl (C=O) groups is 1. The first-order valence-electron chi connectivity index (χ1n) is 7.80. The molecular formula is C17H21N3O2S. The van der Waals surface area contributed by atoms with Crippen molar-refractivity contribution in [1.82, 2.24) is 15.2 Å². The van der Waals surface area contributed by atoms with Crippen molar-refractivity contribution >= 4 is 23.3 Å². The lowest BCUT2D eigenvalue weighted by molar-refractivity contribution is 0.0951. The summed E-state index contributed by atoms with van der Waals surface area (Å²) in [7, 11) is 0. The maximum Gasteiger partial charge on any atom is 0.263 e. The van der Waals surface area contributed by atoms with E-state index >= 15 is 0 Å². The highest BCUT2D eigenvalue weighted by molar-refractivity contribution is 7.11. The van der Waals surface area contributed by atoms with Crippen molar-refractivity contribution in [2.24, 2.45) is 5.92 Å². The molecule has 1 N–H and O–H groups in total. The Morgan fingerprint density at radius 1 is 1.61 bits per heavy atom. The second-order valence-electron chi connectivity index (χ2n) is 5.97. The van der Waals surface area contributed by atoms with E-state index in [0.29, 0.717) is 10.8 Å². The number of hydrogen-bond donors (Lipinski definition) is 1. The number of hydrogen-bond acceptors (Lipinski definition) is 5. The van der Waals surface area contributed by atoms with Crippen molar-refractivity contribution in [2.45, 2.75) is 13.3 Å². The monoisotopic (exact) mass is 331 g/mol. The number of likely N-dealkylation sites (tertiary alicyclic amines) is 1. The summed E-state index contributed by atoms with van der Waals surface area (Å²) in [5, 5.41) is 3.01. The molecule has 6 heteroatoms. The van der Waals surface area contributed by atoms with Gasteiger partial charge in [-0.15, -0.1) is 11.3 Å². The van der Waals surface area contributed by atoms with E-state index in [9.17, 15) is 4.79 Å². The smallest absolute Gasteiger partial charge is 0.263 e. The molecule has 1 aliphatic rings. The van der Waals surface area contributed by atoms with Crippen LogP contribution in [0.5, 0.6) is 0 Å². The summed E-state index contributed by atoms with van der Waals surface area (Å²) in [4.78, 5) is 19.0. The summed E-state index contributed by atoms with van der Waals surface area (Å²) >= 11 is 1.37. The molecule has 0 saturated carbocycles. The molecule has 3 heterocycles. The van der Waals surface area contributed by atoms with Gasteiger partial charge in [-0.3, -0.25) is 14.7 Å². The maximum absolute atomic E-state index is 11.9. The Hall–Kier alpha value is -1.92. The van der Waals surface area contributed by atoms with Crippen molar-refractivity contribution in [2.75, 3.05) is 26.2 Å². The standard InChI is InChI=1S/C17H21N3O2S/c1-13(7-15-3-2-6-22-15)10-20-5-4-14(11-20)8-19-17(21)16-9-18-12-23-16/h2-3,6-7,9,12,14H,4-5,8,10-11H2,1H3,(H,19,21)/b13-7+/t14-/m1/s1. The van der Waals surface area contributed by atoms with E-state index in [-0.39, 0.29) is 5.91 Å². The zero-order chi connectivity index (χ0) is 16.1. The van der Waals surface area contributed by atoms with E-state index in [1.54, 1.807) is 18.0 Å². The van der Waals surface area contributed by atoms with Crippen LogP contribution < -0.4 is 5.32 Å². The van der Waals surface area contributed by atoms with Crippen molar-refractivity contribution in [3.63, 3.8) is 0 Å². The third kappa shape index (κ3) is 4.53. The first-order chi connectivity index (χ1) is 11.2. The van der Waals surface area contributed by atoms with Crippen LogP contribution in [0.25, 0.3) is 6.08 Å². The lowest BCUT2D eigenvalue weighted by Crippen LogP contribution is -2.31. The molecule has 3 rings (SSSR count). The lowest BCUT2D eigenvalue weighted by Gasteiger charge is -2.16. The molecule has 0 aromatic carbocycles. The second kappa shape index (κ2) is 7.57. The fourth-order valence-electron chi connectivity index (χ4n) is 2.89. The zero-order valence-electron chi connectivity index (χ0n) is 13.2. The Kier molecular flexibility index (Phi) is 5.25. The van der Waals surface area contributed by atoms with Crippen molar-refractivity contribution in [3.8, 4) is 0 Å². The van der Waals surface area contributed by atoms with Crippen molar-refractivity contribution < 1.29 is 9.21 Å². The summed E-state index contributed by atoms with van der Waals surface area (Å²) in [6, 6.07) is 3.86. The molecule has 0 unspecified atom stereocenters. The predicted octanol–water partition coefficient (Wildman–Crippen LogP) is 2.89. The van der Waals surface area contributed by atoms with E-state index in [1.807, 2.05) is 12.1 Å². The number of carbonyl (C=O) groups excluding carboxylic acids is 1. The van der Waals surface area contributed by atoms with Crippen LogP contribution >= 0.6 is 11.3 Å². The van der Waals surface area contributed by atoms with Crippen LogP contribution in [0.1, 0.15) is 28.8 Å². The van der Waals surface area contributed by atoms with Crippen LogP contribution in [0.2, 0.25) is 0 Å². The van der Waals surface area contributed by atoms with Gasteiger partial charge in [-0.2, -0.15) is 0 Å². The largest absolute Gasteiger partial charge is 0.465 e. The van der Waals surface area contributed by atoms with Gasteiger partial charge in [-0.1, -0.05) is 5.57 Å². The predicted molar refractivity (Wildman–Crippen MR) is 91.4 cm³/mol. The van der Waals surface area contributed by atoms with Crippen LogP contribution in [0.4, 0.5) is 0 Å². The fraction of sp³-hybridized carbons (Fsp3) is 0.412. The fourth-order valence-corrected chi connectivity index (χ4v) is 3.43. The number of nitrogens with zero attached hydrogens (tertiary/aromatic N) is 2. The highest BCUT2D eigenvalue weighted by Crippen LogP contribution is 2.18. The molecule has 5 nitrogen and oxygen atoms in total. The van der Waals surface area contributed by atoms with E-state index in [4.69, 9.17) is 4.42 Å². The molecule has 122 valence electrons. The Bertz CT molecular complexity index is 649. The van der Waals surface area contributed by atoms with Gasteiger partial charge in [0.05, 0.1) is 18.0 Å². The van der Waals surface area contributed by atoms with Gasteiger partial charge in [-0.05, 0) is 44.0 Å². The molecule has 2 aromatic heterocycles. The minimum atomic E-state index is -0.0140. The van der Waals surface area contributed by atoms with Crippen LogP contribution in [-0.2, 0) is 0 Å². The Balaban J connectivity index is 1.42. The third-order valence-electron chi connectivity index (χ3n) is 3.98. The molecule has 1 atom stereocenters. The first-order valence-corrected chi connectivity index (χ1v) is 8.68. The van der Waals surface area contributed by atoms with Crippen LogP contribution in [0.3, 0.4) is 0 Å². The number of aromatic nitrogens is 1. The number of rotatable bonds is 6. The number of amides is 1. The summed E-state index contributed by atoms with van der Waals surface area (Å²) < 4.78 is 5.34. The van der Waals surface area contributed by atoms with Gasteiger partial charge < -0.3 is 9.73 Å². The molecule has 1 fully saturated rings. The zero-order valence-corrected chi connectivity index (χ0v) is 14.0. The first kappa shape index (κ1) is 16.0. The summed E-state index contributed by atoms with van der Waals surface area (Å²) in [6.45, 7) is 5.90. The van der Waals surface area contributed by atoms with Gasteiger partial charge in [0, 0.05) is 19.6 Å². The van der Waals surface area contributed by atoms with Gasteiger partial charge in [0.1, 0.15) is 10.6 Å². The molecular weight excluding hydrogens is 310 g/mol.